The van der Waals surface area contributed by atoms with E-state index in [0.29, 0.717) is 36.0 Å². The molecule has 5 rings (SSSR count). The van der Waals surface area contributed by atoms with E-state index in [1.807, 2.05) is 24.3 Å². The molecule has 2 aliphatic rings. The number of rotatable bonds is 10. The Kier molecular flexibility index (Phi) is 8.35. The summed E-state index contributed by atoms with van der Waals surface area (Å²) in [6, 6.07) is 16.1. The molecular formula is C32H38N2O6. The van der Waals surface area contributed by atoms with Crippen molar-refractivity contribution in [3.8, 4) is 28.7 Å². The molecule has 1 heterocycles. The van der Waals surface area contributed by atoms with Gasteiger partial charge in [-0.25, -0.2) is 0 Å². The van der Waals surface area contributed by atoms with Crippen LogP contribution < -0.4 is 29.0 Å². The van der Waals surface area contributed by atoms with E-state index in [1.54, 1.807) is 35.5 Å². The summed E-state index contributed by atoms with van der Waals surface area (Å²) in [5.41, 5.74) is 5.77. The molecule has 1 amide bonds. The van der Waals surface area contributed by atoms with E-state index in [2.05, 4.69) is 34.5 Å². The topological polar surface area (TPSA) is 78.5 Å². The number of fused-ring (bicyclic) bond motifs is 2. The van der Waals surface area contributed by atoms with Gasteiger partial charge in [0.1, 0.15) is 5.75 Å². The molecule has 3 aromatic rings. The van der Waals surface area contributed by atoms with Crippen molar-refractivity contribution in [3.63, 3.8) is 0 Å². The van der Waals surface area contributed by atoms with E-state index in [9.17, 15) is 4.79 Å². The lowest BCUT2D eigenvalue weighted by Gasteiger charge is -2.38. The summed E-state index contributed by atoms with van der Waals surface area (Å²) in [5.74, 6) is 3.67. The van der Waals surface area contributed by atoms with Crippen LogP contribution in [-0.2, 0) is 24.1 Å². The van der Waals surface area contributed by atoms with Gasteiger partial charge >= 0.3 is 0 Å². The average Bonchev–Trinajstić information content (AvgIpc) is 3.40. The van der Waals surface area contributed by atoms with Gasteiger partial charge in [-0.3, -0.25) is 9.69 Å². The number of benzene rings is 3. The Morgan fingerprint density at radius 3 is 2.23 bits per heavy atom. The van der Waals surface area contributed by atoms with Crippen LogP contribution in [0.2, 0.25) is 0 Å². The summed E-state index contributed by atoms with van der Waals surface area (Å²) in [6.45, 7) is 1.05. The predicted octanol–water partition coefficient (Wildman–Crippen LogP) is 4.68. The first kappa shape index (κ1) is 27.6. The predicted molar refractivity (Wildman–Crippen MR) is 153 cm³/mol. The summed E-state index contributed by atoms with van der Waals surface area (Å²) >= 11 is 0. The van der Waals surface area contributed by atoms with E-state index in [-0.39, 0.29) is 18.0 Å². The Hall–Kier alpha value is -3.91. The minimum absolute atomic E-state index is 0.0108. The molecule has 0 spiro atoms. The van der Waals surface area contributed by atoms with Crippen molar-refractivity contribution in [2.45, 2.75) is 37.8 Å². The minimum atomic E-state index is -0.0386. The van der Waals surface area contributed by atoms with Crippen LogP contribution in [0, 0.1) is 0 Å². The lowest BCUT2D eigenvalue weighted by atomic mass is 9.88. The Morgan fingerprint density at radius 2 is 1.50 bits per heavy atom. The first-order valence-electron chi connectivity index (χ1n) is 13.6. The molecule has 0 saturated heterocycles. The fourth-order valence-electron chi connectivity index (χ4n) is 6.13. The number of nitrogens with zero attached hydrogens (tertiary/aromatic N) is 1. The van der Waals surface area contributed by atoms with Crippen molar-refractivity contribution in [1.82, 2.24) is 10.2 Å². The zero-order valence-corrected chi connectivity index (χ0v) is 23.9. The SMILES string of the molecule is COc1ccc(CC2c3cc(OC)c(OC)cc3CCN2CC(=O)NC2CCc3c(OC)cccc32)cc1OC. The van der Waals surface area contributed by atoms with Crippen LogP contribution in [0.1, 0.15) is 46.3 Å². The van der Waals surface area contributed by atoms with Crippen molar-refractivity contribution in [3.05, 3.63) is 76.3 Å². The van der Waals surface area contributed by atoms with Crippen LogP contribution in [0.5, 0.6) is 28.7 Å². The van der Waals surface area contributed by atoms with Crippen LogP contribution in [0.25, 0.3) is 0 Å². The number of hydrogen-bond donors (Lipinski definition) is 1. The van der Waals surface area contributed by atoms with Crippen LogP contribution in [0.15, 0.2) is 48.5 Å². The van der Waals surface area contributed by atoms with Crippen molar-refractivity contribution < 1.29 is 28.5 Å². The largest absolute Gasteiger partial charge is 0.496 e. The summed E-state index contributed by atoms with van der Waals surface area (Å²) in [4.78, 5) is 15.7. The number of carbonyl (C=O) groups excluding carboxylic acids is 1. The normalized spacial score (nSPS) is 17.9. The van der Waals surface area contributed by atoms with E-state index in [0.717, 1.165) is 48.2 Å². The monoisotopic (exact) mass is 546 g/mol. The van der Waals surface area contributed by atoms with E-state index >= 15 is 0 Å². The molecule has 0 radical (unpaired) electrons. The standard InChI is InChI=1S/C32H38N2O6/c1-36-27-8-6-7-22-23(27)10-11-25(22)33-32(35)19-34-14-13-21-17-30(39-4)31(40-5)18-24(21)26(34)15-20-9-12-28(37-2)29(16-20)38-3/h6-9,12,16-18,25-26H,10-11,13-15,19H2,1-5H3,(H,33,35). The molecule has 40 heavy (non-hydrogen) atoms. The van der Waals surface area contributed by atoms with E-state index in [4.69, 9.17) is 23.7 Å². The molecule has 0 aromatic heterocycles. The van der Waals surface area contributed by atoms with Gasteiger partial charge in [0.2, 0.25) is 5.91 Å². The maximum atomic E-state index is 13.5. The number of hydrogen-bond acceptors (Lipinski definition) is 7. The van der Waals surface area contributed by atoms with Gasteiger partial charge in [0, 0.05) is 12.6 Å². The minimum Gasteiger partial charge on any atom is -0.496 e. The van der Waals surface area contributed by atoms with Gasteiger partial charge in [0.25, 0.3) is 0 Å². The molecule has 0 bridgehead atoms. The molecule has 0 fully saturated rings. The molecular weight excluding hydrogens is 508 g/mol. The second-order valence-corrected chi connectivity index (χ2v) is 10.2. The van der Waals surface area contributed by atoms with Gasteiger partial charge in [0.15, 0.2) is 23.0 Å². The Bertz CT molecular complexity index is 1370. The number of methoxy groups -OCH3 is 5. The quantitative estimate of drug-likeness (QED) is 0.396. The number of carbonyl (C=O) groups is 1. The third-order valence-electron chi connectivity index (χ3n) is 8.12. The van der Waals surface area contributed by atoms with Crippen LogP contribution in [0.3, 0.4) is 0 Å². The zero-order chi connectivity index (χ0) is 28.2. The first-order chi connectivity index (χ1) is 19.5. The summed E-state index contributed by atoms with van der Waals surface area (Å²) < 4.78 is 27.8. The molecule has 212 valence electrons. The van der Waals surface area contributed by atoms with E-state index in [1.165, 1.54) is 11.1 Å². The second kappa shape index (κ2) is 12.1. The average molecular weight is 547 g/mol. The van der Waals surface area contributed by atoms with Crippen LogP contribution >= 0.6 is 0 Å². The lowest BCUT2D eigenvalue weighted by Crippen LogP contribution is -2.44. The number of nitrogens with one attached hydrogen (secondary N) is 1. The van der Waals surface area contributed by atoms with Gasteiger partial charge in [-0.15, -0.1) is 0 Å². The lowest BCUT2D eigenvalue weighted by molar-refractivity contribution is -0.123. The van der Waals surface area contributed by atoms with Crippen molar-refractivity contribution in [2.24, 2.45) is 0 Å². The maximum absolute atomic E-state index is 13.5. The smallest absolute Gasteiger partial charge is 0.234 e. The van der Waals surface area contributed by atoms with E-state index < -0.39 is 0 Å². The van der Waals surface area contributed by atoms with Gasteiger partial charge in [-0.05, 0) is 83.8 Å². The summed E-state index contributed by atoms with van der Waals surface area (Å²) in [6.07, 6.45) is 3.27. The molecule has 2 unspecified atom stereocenters. The fraction of sp³-hybridized carbons (Fsp3) is 0.406. The molecule has 8 heteroatoms. The summed E-state index contributed by atoms with van der Waals surface area (Å²) in [5, 5.41) is 3.30. The van der Waals surface area contributed by atoms with Crippen LogP contribution in [-0.4, -0.2) is 59.4 Å². The molecule has 3 aromatic carbocycles. The first-order valence-corrected chi connectivity index (χ1v) is 13.6. The third kappa shape index (κ3) is 5.41. The molecule has 1 aliphatic heterocycles. The molecule has 8 nitrogen and oxygen atoms in total. The van der Waals surface area contributed by atoms with Crippen molar-refractivity contribution in [2.75, 3.05) is 48.6 Å². The second-order valence-electron chi connectivity index (χ2n) is 10.2. The zero-order valence-electron chi connectivity index (χ0n) is 23.9. The fourth-order valence-corrected chi connectivity index (χ4v) is 6.13. The summed E-state index contributed by atoms with van der Waals surface area (Å²) in [7, 11) is 8.27. The van der Waals surface area contributed by atoms with Gasteiger partial charge in [-0.2, -0.15) is 0 Å². The van der Waals surface area contributed by atoms with Crippen molar-refractivity contribution in [1.29, 1.82) is 0 Å². The maximum Gasteiger partial charge on any atom is 0.234 e. The third-order valence-corrected chi connectivity index (χ3v) is 8.12. The highest BCUT2D eigenvalue weighted by Gasteiger charge is 2.32. The molecule has 2 atom stereocenters. The van der Waals surface area contributed by atoms with Gasteiger partial charge in [-0.1, -0.05) is 18.2 Å². The highest BCUT2D eigenvalue weighted by atomic mass is 16.5. The molecule has 1 aliphatic carbocycles. The molecule has 0 saturated carbocycles. The Labute approximate surface area is 236 Å². The van der Waals surface area contributed by atoms with Gasteiger partial charge < -0.3 is 29.0 Å². The Balaban J connectivity index is 1.41. The van der Waals surface area contributed by atoms with Gasteiger partial charge in [0.05, 0.1) is 48.1 Å². The number of ether oxygens (including phenoxy) is 5. The highest BCUT2D eigenvalue weighted by Crippen LogP contribution is 2.41. The van der Waals surface area contributed by atoms with Crippen LogP contribution in [0.4, 0.5) is 0 Å². The van der Waals surface area contributed by atoms with Crippen molar-refractivity contribution >= 4 is 5.91 Å². The highest BCUT2D eigenvalue weighted by molar-refractivity contribution is 5.79. The molecule has 1 N–H and O–H groups in total. The number of amides is 1. The Morgan fingerprint density at radius 1 is 0.800 bits per heavy atom.